The quantitative estimate of drug-likeness (QED) is 0.607. The molecule has 0 radical (unpaired) electrons. The topological polar surface area (TPSA) is 50.8 Å². The number of benzene rings is 3. The molecule has 0 aliphatic heterocycles. The van der Waals surface area contributed by atoms with Gasteiger partial charge in [-0.3, -0.25) is 9.98 Å². The van der Waals surface area contributed by atoms with E-state index in [4.69, 9.17) is 5.41 Å². The van der Waals surface area contributed by atoms with Gasteiger partial charge < -0.3 is 0 Å². The minimum atomic E-state index is -0.383. The van der Waals surface area contributed by atoms with Crippen LogP contribution >= 0.6 is 0 Å². The maximum Gasteiger partial charge on any atom is 0.335 e. The van der Waals surface area contributed by atoms with E-state index in [1.807, 2.05) is 54.6 Å². The number of halogens is 1. The Morgan fingerprint density at radius 3 is 2.23 bits per heavy atom. The van der Waals surface area contributed by atoms with Gasteiger partial charge in [0.25, 0.3) is 0 Å². The number of aromatic nitrogens is 2. The molecule has 0 bridgehead atoms. The average Bonchev–Trinajstić information content (AvgIpc) is 2.67. The zero-order chi connectivity index (χ0) is 18.1. The Kier molecular flexibility index (Phi) is 3.97. The fourth-order valence-corrected chi connectivity index (χ4v) is 3.10. The van der Waals surface area contributed by atoms with Gasteiger partial charge in [0.15, 0.2) is 0 Å². The average molecular weight is 345 g/mol. The molecule has 26 heavy (non-hydrogen) atoms. The van der Waals surface area contributed by atoms with Crippen LogP contribution in [0, 0.1) is 11.2 Å². The first kappa shape index (κ1) is 16.0. The summed E-state index contributed by atoms with van der Waals surface area (Å²) in [5.41, 5.74) is 1.91. The molecule has 5 heteroatoms. The van der Waals surface area contributed by atoms with Gasteiger partial charge in [0, 0.05) is 5.39 Å². The molecule has 4 nitrogen and oxygen atoms in total. The molecule has 0 aliphatic rings. The molecule has 0 atom stereocenters. The van der Waals surface area contributed by atoms with Crippen LogP contribution < -0.4 is 11.2 Å². The van der Waals surface area contributed by atoms with Gasteiger partial charge in [-0.15, -0.1) is 0 Å². The number of rotatable bonds is 3. The fourth-order valence-electron chi connectivity index (χ4n) is 3.10. The van der Waals surface area contributed by atoms with E-state index in [1.165, 1.54) is 28.8 Å². The predicted octanol–water partition coefficient (Wildman–Crippen LogP) is 3.46. The van der Waals surface area contributed by atoms with E-state index in [0.717, 1.165) is 5.56 Å². The molecule has 0 aliphatic carbocycles. The number of hydrogen-bond donors (Lipinski definition) is 1. The van der Waals surface area contributed by atoms with Crippen molar-refractivity contribution in [3.63, 3.8) is 0 Å². The highest BCUT2D eigenvalue weighted by Gasteiger charge is 2.12. The highest BCUT2D eigenvalue weighted by atomic mass is 19.1. The Morgan fingerprint density at radius 2 is 1.50 bits per heavy atom. The lowest BCUT2D eigenvalue weighted by Crippen LogP contribution is -2.39. The second-order valence-corrected chi connectivity index (χ2v) is 6.03. The molecular weight excluding hydrogens is 329 g/mol. The molecule has 1 heterocycles. The minimum absolute atomic E-state index is 0.0847. The smallest absolute Gasteiger partial charge is 0.289 e. The summed E-state index contributed by atoms with van der Waals surface area (Å²) in [4.78, 5) is 13.2. The van der Waals surface area contributed by atoms with Crippen LogP contribution in [0.25, 0.3) is 16.6 Å². The summed E-state index contributed by atoms with van der Waals surface area (Å²) < 4.78 is 16.2. The van der Waals surface area contributed by atoms with E-state index in [2.05, 4.69) is 0 Å². The molecule has 0 amide bonds. The number of nitrogens with zero attached hydrogens (tertiary/aromatic N) is 2. The van der Waals surface area contributed by atoms with E-state index in [1.54, 1.807) is 4.57 Å². The van der Waals surface area contributed by atoms with Crippen LogP contribution in [-0.2, 0) is 6.54 Å². The molecule has 0 unspecified atom stereocenters. The Bertz CT molecular complexity index is 1190. The highest BCUT2D eigenvalue weighted by Crippen LogP contribution is 2.12. The Balaban J connectivity index is 2.03. The van der Waals surface area contributed by atoms with E-state index < -0.39 is 0 Å². The highest BCUT2D eigenvalue weighted by molar-refractivity contribution is 5.78. The normalized spacial score (nSPS) is 11.0. The minimum Gasteiger partial charge on any atom is -0.289 e. The zero-order valence-corrected chi connectivity index (χ0v) is 13.9. The van der Waals surface area contributed by atoms with Crippen molar-refractivity contribution < 1.29 is 4.39 Å². The third kappa shape index (κ3) is 2.73. The van der Waals surface area contributed by atoms with Crippen LogP contribution in [0.15, 0.2) is 83.7 Å². The van der Waals surface area contributed by atoms with Crippen molar-refractivity contribution in [3.8, 4) is 5.69 Å². The van der Waals surface area contributed by atoms with E-state index in [9.17, 15) is 9.18 Å². The van der Waals surface area contributed by atoms with E-state index >= 15 is 0 Å². The first-order valence-corrected chi connectivity index (χ1v) is 8.24. The van der Waals surface area contributed by atoms with Crippen LogP contribution in [0.3, 0.4) is 0 Å². The maximum atomic E-state index is 13.3. The van der Waals surface area contributed by atoms with Crippen molar-refractivity contribution in [2.24, 2.45) is 0 Å². The van der Waals surface area contributed by atoms with Crippen LogP contribution in [0.2, 0.25) is 0 Å². The van der Waals surface area contributed by atoms with Gasteiger partial charge in [0.1, 0.15) is 11.3 Å². The first-order chi connectivity index (χ1) is 12.6. The third-order valence-corrected chi connectivity index (χ3v) is 4.36. The third-order valence-electron chi connectivity index (χ3n) is 4.36. The Morgan fingerprint density at radius 1 is 0.846 bits per heavy atom. The van der Waals surface area contributed by atoms with Gasteiger partial charge in [-0.2, -0.15) is 0 Å². The SMILES string of the molecule is N=c1c2ccccc2n(Cc2ccccc2)c(=O)n1-c1ccc(F)cc1. The fraction of sp³-hybridized carbons (Fsp3) is 0.0476. The predicted molar refractivity (Wildman–Crippen MR) is 98.9 cm³/mol. The van der Waals surface area contributed by atoms with E-state index in [-0.39, 0.29) is 17.0 Å². The van der Waals surface area contributed by atoms with Gasteiger partial charge >= 0.3 is 5.69 Å². The molecular formula is C21H16FN3O. The molecule has 0 fully saturated rings. The van der Waals surface area contributed by atoms with Gasteiger partial charge in [0.05, 0.1) is 17.7 Å². The van der Waals surface area contributed by atoms with Crippen molar-refractivity contribution in [1.82, 2.24) is 9.13 Å². The van der Waals surface area contributed by atoms with Gasteiger partial charge in [-0.1, -0.05) is 42.5 Å². The van der Waals surface area contributed by atoms with Crippen LogP contribution in [0.1, 0.15) is 5.56 Å². The molecule has 128 valence electrons. The summed E-state index contributed by atoms with van der Waals surface area (Å²) in [6, 6.07) is 22.6. The molecule has 1 N–H and O–H groups in total. The largest absolute Gasteiger partial charge is 0.335 e. The summed E-state index contributed by atoms with van der Waals surface area (Å²) in [6.45, 7) is 0.391. The van der Waals surface area contributed by atoms with Crippen LogP contribution in [0.4, 0.5) is 4.39 Å². The molecule has 4 rings (SSSR count). The summed E-state index contributed by atoms with van der Waals surface area (Å²) in [6.07, 6.45) is 0. The van der Waals surface area contributed by atoms with Crippen molar-refractivity contribution in [2.45, 2.75) is 6.54 Å². The van der Waals surface area contributed by atoms with Crippen molar-refractivity contribution >= 4 is 10.9 Å². The summed E-state index contributed by atoms with van der Waals surface area (Å²) in [7, 11) is 0. The van der Waals surface area contributed by atoms with Crippen molar-refractivity contribution in [3.05, 3.63) is 106 Å². The first-order valence-electron chi connectivity index (χ1n) is 8.24. The lowest BCUT2D eigenvalue weighted by atomic mass is 10.2. The number of nitrogens with one attached hydrogen (secondary N) is 1. The molecule has 0 spiro atoms. The Hall–Kier alpha value is -3.47. The summed E-state index contributed by atoms with van der Waals surface area (Å²) >= 11 is 0. The molecule has 4 aromatic rings. The number of hydrogen-bond acceptors (Lipinski definition) is 2. The van der Waals surface area contributed by atoms with Crippen LogP contribution in [0.5, 0.6) is 0 Å². The second-order valence-electron chi connectivity index (χ2n) is 6.03. The van der Waals surface area contributed by atoms with Crippen molar-refractivity contribution in [1.29, 1.82) is 5.41 Å². The maximum absolute atomic E-state index is 13.3. The standard InChI is InChI=1S/C21H16FN3O/c22-16-10-12-17(13-11-16)25-20(23)18-8-4-5-9-19(18)24(21(25)26)14-15-6-2-1-3-7-15/h1-13,23H,14H2. The van der Waals surface area contributed by atoms with Gasteiger partial charge in [-0.25, -0.2) is 13.8 Å². The summed E-state index contributed by atoms with van der Waals surface area (Å²) in [5.74, 6) is -0.383. The zero-order valence-electron chi connectivity index (χ0n) is 13.9. The monoisotopic (exact) mass is 345 g/mol. The Labute approximate surface area is 148 Å². The lowest BCUT2D eigenvalue weighted by molar-refractivity contribution is 0.626. The lowest BCUT2D eigenvalue weighted by Gasteiger charge is -2.15. The van der Waals surface area contributed by atoms with Gasteiger partial charge in [0.2, 0.25) is 0 Å². The molecule has 0 saturated carbocycles. The van der Waals surface area contributed by atoms with E-state index in [0.29, 0.717) is 23.1 Å². The number of fused-ring (bicyclic) bond motifs is 1. The van der Waals surface area contributed by atoms with Crippen LogP contribution in [-0.4, -0.2) is 9.13 Å². The molecule has 0 saturated heterocycles. The number of para-hydroxylation sites is 1. The van der Waals surface area contributed by atoms with Crippen molar-refractivity contribution in [2.75, 3.05) is 0 Å². The second kappa shape index (κ2) is 6.44. The summed E-state index contributed by atoms with van der Waals surface area (Å²) in [5, 5.41) is 9.16. The molecule has 3 aromatic carbocycles. The van der Waals surface area contributed by atoms with Gasteiger partial charge in [-0.05, 0) is 42.0 Å². The molecule has 1 aromatic heterocycles.